The minimum absolute atomic E-state index is 0.0457. The first-order valence-corrected chi connectivity index (χ1v) is 12.3. The molecule has 0 bridgehead atoms. The summed E-state index contributed by atoms with van der Waals surface area (Å²) in [6, 6.07) is 24.8. The second-order valence-electron chi connectivity index (χ2n) is 8.07. The lowest BCUT2D eigenvalue weighted by molar-refractivity contribution is 0.368. The monoisotopic (exact) mass is 509 g/mol. The van der Waals surface area contributed by atoms with Crippen LogP contribution in [0.3, 0.4) is 0 Å². The van der Waals surface area contributed by atoms with Gasteiger partial charge in [0.25, 0.3) is 0 Å². The molecule has 0 N–H and O–H groups in total. The molecule has 0 atom stereocenters. The molecule has 0 fully saturated rings. The van der Waals surface area contributed by atoms with Gasteiger partial charge in [0.1, 0.15) is 34.7 Å². The third-order valence-corrected chi connectivity index (χ3v) is 6.62. The van der Waals surface area contributed by atoms with E-state index in [2.05, 4.69) is 0 Å². The molecule has 2 heterocycles. The second kappa shape index (κ2) is 10.6. The number of aromatic nitrogens is 1. The van der Waals surface area contributed by atoms with Gasteiger partial charge in [0, 0.05) is 27.5 Å². The molecule has 0 spiro atoms. The SMILES string of the molecule is COc1ccc(-c2cc(=Nc3nc(-c4ccc(OC)cc4)c(C)s3)c3cc(OCC#N)ccc3o2)cc1. The van der Waals surface area contributed by atoms with Crippen LogP contribution in [0.25, 0.3) is 33.6 Å². The number of hydrogen-bond acceptors (Lipinski definition) is 8. The summed E-state index contributed by atoms with van der Waals surface area (Å²) in [4.78, 5) is 10.8. The Morgan fingerprint density at radius 3 is 2.19 bits per heavy atom. The van der Waals surface area contributed by atoms with Crippen LogP contribution in [0.5, 0.6) is 17.2 Å². The number of thiazole rings is 1. The Hall–Kier alpha value is -4.61. The Morgan fingerprint density at radius 2 is 1.54 bits per heavy atom. The molecule has 3 aromatic carbocycles. The molecule has 184 valence electrons. The largest absolute Gasteiger partial charge is 0.497 e. The summed E-state index contributed by atoms with van der Waals surface area (Å²) < 4.78 is 22.3. The normalized spacial score (nSPS) is 11.4. The highest BCUT2D eigenvalue weighted by molar-refractivity contribution is 7.15. The van der Waals surface area contributed by atoms with Gasteiger partial charge in [-0.1, -0.05) is 11.3 Å². The van der Waals surface area contributed by atoms with Gasteiger partial charge in [-0.15, -0.1) is 0 Å². The Bertz CT molecular complexity index is 1660. The molecule has 7 nitrogen and oxygen atoms in total. The maximum atomic E-state index is 8.91. The van der Waals surface area contributed by atoms with Gasteiger partial charge in [-0.25, -0.2) is 9.98 Å². The Labute approximate surface area is 217 Å². The maximum absolute atomic E-state index is 8.91. The third kappa shape index (κ3) is 5.17. The van der Waals surface area contributed by atoms with Crippen molar-refractivity contribution < 1.29 is 18.6 Å². The fourth-order valence-electron chi connectivity index (χ4n) is 3.89. The summed E-state index contributed by atoms with van der Waals surface area (Å²) in [5.41, 5.74) is 3.40. The summed E-state index contributed by atoms with van der Waals surface area (Å²) in [7, 11) is 3.28. The van der Waals surface area contributed by atoms with E-state index in [4.69, 9.17) is 33.9 Å². The van der Waals surface area contributed by atoms with Crippen molar-refractivity contribution in [2.75, 3.05) is 20.8 Å². The van der Waals surface area contributed by atoms with Gasteiger partial charge in [0.2, 0.25) is 5.13 Å². The van der Waals surface area contributed by atoms with Crippen LogP contribution in [0.2, 0.25) is 0 Å². The van der Waals surface area contributed by atoms with Crippen molar-refractivity contribution in [2.45, 2.75) is 6.92 Å². The number of fused-ring (bicyclic) bond motifs is 1. The predicted octanol–water partition coefficient (Wildman–Crippen LogP) is 6.68. The van der Waals surface area contributed by atoms with E-state index in [1.807, 2.05) is 79.7 Å². The van der Waals surface area contributed by atoms with E-state index in [0.29, 0.717) is 27.6 Å². The molecule has 37 heavy (non-hydrogen) atoms. The van der Waals surface area contributed by atoms with Crippen LogP contribution >= 0.6 is 11.3 Å². The molecule has 5 aromatic rings. The first-order chi connectivity index (χ1) is 18.1. The predicted molar refractivity (Wildman–Crippen MR) is 143 cm³/mol. The number of ether oxygens (including phenoxy) is 3. The molecule has 0 saturated heterocycles. The number of aryl methyl sites for hydroxylation is 1. The summed E-state index contributed by atoms with van der Waals surface area (Å²) >= 11 is 1.52. The van der Waals surface area contributed by atoms with E-state index < -0.39 is 0 Å². The van der Waals surface area contributed by atoms with E-state index >= 15 is 0 Å². The summed E-state index contributed by atoms with van der Waals surface area (Å²) in [5.74, 6) is 2.77. The first-order valence-electron chi connectivity index (χ1n) is 11.5. The lowest BCUT2D eigenvalue weighted by Gasteiger charge is -2.08. The zero-order valence-corrected chi connectivity index (χ0v) is 21.3. The van der Waals surface area contributed by atoms with Crippen molar-refractivity contribution >= 4 is 27.4 Å². The van der Waals surface area contributed by atoms with Gasteiger partial charge in [-0.2, -0.15) is 5.26 Å². The maximum Gasteiger partial charge on any atom is 0.210 e. The van der Waals surface area contributed by atoms with Crippen LogP contribution in [0, 0.1) is 18.3 Å². The number of benzene rings is 3. The van der Waals surface area contributed by atoms with Crippen LogP contribution < -0.4 is 19.6 Å². The first kappa shape index (κ1) is 24.1. The zero-order chi connectivity index (χ0) is 25.8. The lowest BCUT2D eigenvalue weighted by Crippen LogP contribution is -2.04. The number of hydrogen-bond donors (Lipinski definition) is 0. The fourth-order valence-corrected chi connectivity index (χ4v) is 4.71. The average Bonchev–Trinajstić information content (AvgIpc) is 3.31. The van der Waals surface area contributed by atoms with E-state index in [-0.39, 0.29) is 6.61 Å². The number of nitriles is 1. The molecule has 0 aliphatic carbocycles. The Morgan fingerprint density at radius 1 is 0.892 bits per heavy atom. The minimum atomic E-state index is -0.0457. The smallest absolute Gasteiger partial charge is 0.210 e. The standard InChI is InChI=1S/C29H23N3O4S/c1-18-28(20-6-10-22(34-3)11-7-20)32-29(37-18)31-25-17-27(19-4-8-21(33-2)9-5-19)36-26-13-12-23(16-24(25)26)35-15-14-30/h4-13,16-17H,15H2,1-3H3. The minimum Gasteiger partial charge on any atom is -0.497 e. The van der Waals surface area contributed by atoms with Crippen molar-refractivity contribution in [3.05, 3.63) is 83.0 Å². The highest BCUT2D eigenvalue weighted by atomic mass is 32.1. The fraction of sp³-hybridized carbons (Fsp3) is 0.138. The van der Waals surface area contributed by atoms with Gasteiger partial charge in [0.15, 0.2) is 6.61 Å². The van der Waals surface area contributed by atoms with Crippen molar-refractivity contribution in [1.82, 2.24) is 4.98 Å². The highest BCUT2D eigenvalue weighted by Crippen LogP contribution is 2.33. The van der Waals surface area contributed by atoms with Gasteiger partial charge >= 0.3 is 0 Å². The summed E-state index contributed by atoms with van der Waals surface area (Å²) in [5, 5.41) is 11.0. The molecule has 0 amide bonds. The summed E-state index contributed by atoms with van der Waals surface area (Å²) in [6.07, 6.45) is 0. The van der Waals surface area contributed by atoms with Gasteiger partial charge in [0.05, 0.1) is 25.3 Å². The van der Waals surface area contributed by atoms with Crippen LogP contribution in [0.1, 0.15) is 4.88 Å². The average molecular weight is 510 g/mol. The number of nitrogens with zero attached hydrogens (tertiary/aromatic N) is 3. The molecule has 0 aliphatic heterocycles. The topological polar surface area (TPSA) is 89.9 Å². The van der Waals surface area contributed by atoms with E-state index in [1.165, 1.54) is 11.3 Å². The molecular weight excluding hydrogens is 486 g/mol. The second-order valence-corrected chi connectivity index (χ2v) is 9.25. The molecule has 0 saturated carbocycles. The number of methoxy groups -OCH3 is 2. The Balaban J connectivity index is 1.65. The molecule has 5 rings (SSSR count). The molecule has 0 radical (unpaired) electrons. The molecule has 0 unspecified atom stereocenters. The van der Waals surface area contributed by atoms with Crippen LogP contribution in [-0.2, 0) is 0 Å². The third-order valence-electron chi connectivity index (χ3n) is 5.76. The van der Waals surface area contributed by atoms with Gasteiger partial charge in [-0.3, -0.25) is 0 Å². The molecule has 8 heteroatoms. The van der Waals surface area contributed by atoms with Crippen molar-refractivity contribution in [1.29, 1.82) is 5.26 Å². The molecule has 2 aromatic heterocycles. The zero-order valence-electron chi connectivity index (χ0n) is 20.5. The lowest BCUT2D eigenvalue weighted by atomic mass is 10.1. The van der Waals surface area contributed by atoms with Gasteiger partial charge in [-0.05, 0) is 73.7 Å². The van der Waals surface area contributed by atoms with Crippen LogP contribution in [0.15, 0.2) is 82.2 Å². The van der Waals surface area contributed by atoms with Crippen molar-refractivity contribution in [3.8, 4) is 45.9 Å². The van der Waals surface area contributed by atoms with Gasteiger partial charge < -0.3 is 18.6 Å². The Kier molecular flexibility index (Phi) is 6.88. The summed E-state index contributed by atoms with van der Waals surface area (Å²) in [6.45, 7) is 1.99. The molecular formula is C29H23N3O4S. The van der Waals surface area contributed by atoms with E-state index in [0.717, 1.165) is 38.6 Å². The van der Waals surface area contributed by atoms with E-state index in [9.17, 15) is 0 Å². The van der Waals surface area contributed by atoms with E-state index in [1.54, 1.807) is 20.3 Å². The highest BCUT2D eigenvalue weighted by Gasteiger charge is 2.12. The van der Waals surface area contributed by atoms with Crippen LogP contribution in [-0.4, -0.2) is 25.8 Å². The quantitative estimate of drug-likeness (QED) is 0.243. The van der Waals surface area contributed by atoms with Crippen molar-refractivity contribution in [2.24, 2.45) is 4.99 Å². The molecule has 0 aliphatic rings. The number of rotatable bonds is 7. The van der Waals surface area contributed by atoms with Crippen molar-refractivity contribution in [3.63, 3.8) is 0 Å². The van der Waals surface area contributed by atoms with Crippen LogP contribution in [0.4, 0.5) is 5.13 Å².